The first-order valence-corrected chi connectivity index (χ1v) is 11.8. The van der Waals surface area contributed by atoms with Gasteiger partial charge in [-0.15, -0.1) is 11.8 Å². The Kier molecular flexibility index (Phi) is 6.00. The van der Waals surface area contributed by atoms with Crippen LogP contribution in [0.3, 0.4) is 0 Å². The van der Waals surface area contributed by atoms with Crippen molar-refractivity contribution in [2.75, 3.05) is 13.7 Å². The number of hydrogen-bond acceptors (Lipinski definition) is 5. The van der Waals surface area contributed by atoms with Crippen LogP contribution in [-0.2, 0) is 14.4 Å². The van der Waals surface area contributed by atoms with E-state index >= 15 is 0 Å². The third kappa shape index (κ3) is 3.74. The van der Waals surface area contributed by atoms with Gasteiger partial charge in [0.15, 0.2) is 0 Å². The number of likely N-dealkylation sites (tertiary alicyclic amines) is 1. The molecule has 3 amide bonds. The lowest BCUT2D eigenvalue weighted by atomic mass is 9.70. The molecule has 3 aliphatic rings. The van der Waals surface area contributed by atoms with Crippen molar-refractivity contribution in [3.05, 3.63) is 0 Å². The van der Waals surface area contributed by atoms with Gasteiger partial charge in [-0.3, -0.25) is 14.4 Å². The number of hydrogen-bond donors (Lipinski definition) is 3. The summed E-state index contributed by atoms with van der Waals surface area (Å²) >= 11 is 1.65. The average Bonchev–Trinajstić information content (AvgIpc) is 3.25. The van der Waals surface area contributed by atoms with Crippen LogP contribution in [0.1, 0.15) is 60.8 Å². The molecule has 2 unspecified atom stereocenters. The van der Waals surface area contributed by atoms with E-state index in [0.717, 1.165) is 19.3 Å². The Balaban J connectivity index is 1.98. The number of nitrogens with one attached hydrogen (secondary N) is 2. The Hall–Kier alpha value is -1.28. The normalized spacial score (nSPS) is 34.1. The predicted octanol–water partition coefficient (Wildman–Crippen LogP) is 1.54. The van der Waals surface area contributed by atoms with Crippen molar-refractivity contribution < 1.29 is 19.5 Å². The monoisotopic (exact) mass is 439 g/mol. The number of amides is 3. The lowest BCUT2D eigenvalue weighted by Crippen LogP contribution is -2.59. The fourth-order valence-electron chi connectivity index (χ4n) is 6.19. The van der Waals surface area contributed by atoms with Crippen LogP contribution in [-0.4, -0.2) is 69.0 Å². The number of fused-ring (bicyclic) bond motifs is 1. The number of aliphatic hydroxyl groups excluding tert-OH is 1. The molecule has 3 fully saturated rings. The first-order valence-electron chi connectivity index (χ1n) is 10.9. The topological polar surface area (TPSA) is 98.7 Å². The van der Waals surface area contributed by atoms with E-state index in [-0.39, 0.29) is 35.0 Å². The summed E-state index contributed by atoms with van der Waals surface area (Å²) in [5.74, 6) is -1.41. The zero-order chi connectivity index (χ0) is 22.6. The second-order valence-electron chi connectivity index (χ2n) is 11.1. The van der Waals surface area contributed by atoms with Gasteiger partial charge in [0, 0.05) is 17.8 Å². The second-order valence-corrected chi connectivity index (χ2v) is 12.7. The van der Waals surface area contributed by atoms with E-state index in [1.807, 2.05) is 13.8 Å². The Bertz CT molecular complexity index is 734. The van der Waals surface area contributed by atoms with Gasteiger partial charge in [0.05, 0.1) is 29.2 Å². The van der Waals surface area contributed by atoms with E-state index in [2.05, 4.69) is 31.4 Å². The Labute approximate surface area is 184 Å². The van der Waals surface area contributed by atoms with Crippen LogP contribution in [0, 0.1) is 17.3 Å². The molecule has 0 saturated carbocycles. The minimum Gasteiger partial charge on any atom is -0.394 e. The molecule has 3 rings (SSSR count). The maximum absolute atomic E-state index is 13.7. The van der Waals surface area contributed by atoms with Gasteiger partial charge in [-0.05, 0) is 45.4 Å². The van der Waals surface area contributed by atoms with Crippen molar-refractivity contribution >= 4 is 29.5 Å². The van der Waals surface area contributed by atoms with Crippen molar-refractivity contribution in [1.82, 2.24) is 15.5 Å². The molecule has 170 valence electrons. The molecule has 0 radical (unpaired) electrons. The fourth-order valence-corrected chi connectivity index (χ4v) is 8.40. The van der Waals surface area contributed by atoms with E-state index in [1.54, 1.807) is 30.6 Å². The van der Waals surface area contributed by atoms with Crippen LogP contribution in [0.25, 0.3) is 0 Å². The molecule has 3 aliphatic heterocycles. The number of aliphatic hydroxyl groups is 1. The van der Waals surface area contributed by atoms with Gasteiger partial charge in [-0.1, -0.05) is 20.8 Å². The number of carbonyl (C=O) groups is 3. The number of thioether (sulfide) groups is 1. The third-order valence-corrected chi connectivity index (χ3v) is 8.66. The van der Waals surface area contributed by atoms with Gasteiger partial charge in [-0.2, -0.15) is 0 Å². The second kappa shape index (κ2) is 7.69. The van der Waals surface area contributed by atoms with Crippen molar-refractivity contribution in [3.8, 4) is 0 Å². The molecule has 8 heteroatoms. The maximum atomic E-state index is 13.7. The van der Waals surface area contributed by atoms with Gasteiger partial charge in [-0.25, -0.2) is 0 Å². The third-order valence-electron chi connectivity index (χ3n) is 6.71. The molecule has 3 saturated heterocycles. The number of nitrogens with zero attached hydrogens (tertiary/aromatic N) is 1. The predicted molar refractivity (Wildman–Crippen MR) is 118 cm³/mol. The van der Waals surface area contributed by atoms with E-state index in [9.17, 15) is 19.5 Å². The van der Waals surface area contributed by atoms with Crippen molar-refractivity contribution in [2.24, 2.45) is 17.3 Å². The molecule has 0 aromatic carbocycles. The highest BCUT2D eigenvalue weighted by Gasteiger charge is 2.74. The summed E-state index contributed by atoms with van der Waals surface area (Å²) in [5, 5.41) is 15.8. The maximum Gasteiger partial charge on any atom is 0.244 e. The minimum atomic E-state index is -0.680. The molecule has 3 heterocycles. The molecular weight excluding hydrogens is 402 g/mol. The first kappa shape index (κ1) is 23.4. The van der Waals surface area contributed by atoms with Crippen LogP contribution in [0.5, 0.6) is 0 Å². The standard InChI is InChI=1S/C22H37N3O4S/c1-12(10-26)25-16(18(28)24-21(5,6)11-20(2,3)4)22-9-8-13(30-22)14(17(27)23-7)15(22)19(25)29/h12-16,26H,8-11H2,1-7H3,(H,23,27)(H,24,28)/t12-,13+,14-,15+,16?,22?/m1/s1. The molecule has 3 N–H and O–H groups in total. The first-order chi connectivity index (χ1) is 13.8. The molecule has 0 aromatic rings. The molecule has 0 aromatic heterocycles. The summed E-state index contributed by atoms with van der Waals surface area (Å²) in [6.45, 7) is 12.0. The summed E-state index contributed by atoms with van der Waals surface area (Å²) in [6.07, 6.45) is 2.34. The quantitative estimate of drug-likeness (QED) is 0.583. The fraction of sp³-hybridized carbons (Fsp3) is 0.864. The van der Waals surface area contributed by atoms with Crippen molar-refractivity contribution in [3.63, 3.8) is 0 Å². The van der Waals surface area contributed by atoms with Crippen LogP contribution in [0.4, 0.5) is 0 Å². The number of rotatable bonds is 6. The summed E-state index contributed by atoms with van der Waals surface area (Å²) in [7, 11) is 1.60. The zero-order valence-corrected chi connectivity index (χ0v) is 20.1. The van der Waals surface area contributed by atoms with Gasteiger partial charge in [0.1, 0.15) is 6.04 Å². The lowest BCUT2D eigenvalue weighted by Gasteiger charge is -2.40. The van der Waals surface area contributed by atoms with E-state index in [0.29, 0.717) is 0 Å². The molecular formula is C22H37N3O4S. The minimum absolute atomic E-state index is 0.0338. The van der Waals surface area contributed by atoms with Crippen molar-refractivity contribution in [1.29, 1.82) is 0 Å². The highest BCUT2D eigenvalue weighted by molar-refractivity contribution is 8.02. The molecule has 2 bridgehead atoms. The summed E-state index contributed by atoms with van der Waals surface area (Å²) in [6, 6.07) is -1.16. The molecule has 30 heavy (non-hydrogen) atoms. The van der Waals surface area contributed by atoms with Gasteiger partial charge in [0.2, 0.25) is 17.7 Å². The Morgan fingerprint density at radius 3 is 2.43 bits per heavy atom. The van der Waals surface area contributed by atoms with Crippen LogP contribution >= 0.6 is 11.8 Å². The molecule has 0 aliphatic carbocycles. The summed E-state index contributed by atoms with van der Waals surface area (Å²) in [5.41, 5.74) is -0.408. The lowest BCUT2D eigenvalue weighted by molar-refractivity contribution is -0.142. The highest BCUT2D eigenvalue weighted by Crippen LogP contribution is 2.66. The van der Waals surface area contributed by atoms with Gasteiger partial charge >= 0.3 is 0 Å². The largest absolute Gasteiger partial charge is 0.394 e. The van der Waals surface area contributed by atoms with E-state index in [4.69, 9.17) is 0 Å². The van der Waals surface area contributed by atoms with Crippen LogP contribution < -0.4 is 10.6 Å². The highest BCUT2D eigenvalue weighted by atomic mass is 32.2. The Morgan fingerprint density at radius 1 is 1.27 bits per heavy atom. The van der Waals surface area contributed by atoms with Crippen molar-refractivity contribution in [2.45, 2.75) is 88.4 Å². The van der Waals surface area contributed by atoms with Crippen LogP contribution in [0.2, 0.25) is 0 Å². The molecule has 1 spiro atoms. The summed E-state index contributed by atoms with van der Waals surface area (Å²) < 4.78 is -0.607. The Morgan fingerprint density at radius 2 is 1.90 bits per heavy atom. The number of carbonyl (C=O) groups excluding carboxylic acids is 3. The molecule has 6 atom stereocenters. The smallest absolute Gasteiger partial charge is 0.244 e. The van der Waals surface area contributed by atoms with Crippen LogP contribution in [0.15, 0.2) is 0 Å². The van der Waals surface area contributed by atoms with E-state index < -0.39 is 34.2 Å². The van der Waals surface area contributed by atoms with Gasteiger partial charge in [0.25, 0.3) is 0 Å². The summed E-state index contributed by atoms with van der Waals surface area (Å²) in [4.78, 5) is 41.5. The van der Waals surface area contributed by atoms with Gasteiger partial charge < -0.3 is 20.6 Å². The zero-order valence-electron chi connectivity index (χ0n) is 19.2. The average molecular weight is 440 g/mol. The molecule has 7 nitrogen and oxygen atoms in total. The van der Waals surface area contributed by atoms with E-state index in [1.165, 1.54) is 0 Å². The SMILES string of the molecule is CNC(=O)[C@@H]1[C@@H]2CCC3(S2)C(C(=O)NC(C)(C)CC(C)(C)C)N([C@H](C)CO)C(=O)[C@H]13.